The van der Waals surface area contributed by atoms with Crippen molar-refractivity contribution < 1.29 is 80.2 Å². The standard InChI is InChI=1S/C77H150O17P2/c1-9-68(6)54-46-38-30-22-16-14-12-13-15-17-25-33-41-49-57-74(79)87-63-72(93-76(81)59-51-43-34-26-20-18-23-31-39-47-55-69(7)10-2)65-91-95(83,84)89-61-71(78)62-90-96(85,86)92-66-73(64-88-75(80)58-50-42-36-28-29-37-45-53-67(4)5)94-77(82)60-52-44-35-27-21-19-24-32-40-48-56-70(8)11-3/h67-73,78H,9-66H2,1-8H3,(H,83,84)(H,85,86)/t68?,69?,70?,71?,72-,73-/m1/s1. The molecule has 0 aromatic rings. The predicted molar refractivity (Wildman–Crippen MR) is 391 cm³/mol. The molecule has 0 rings (SSSR count). The third-order valence-corrected chi connectivity index (χ3v) is 20.8. The van der Waals surface area contributed by atoms with E-state index in [0.717, 1.165) is 114 Å². The third-order valence-electron chi connectivity index (χ3n) is 18.9. The highest BCUT2D eigenvalue weighted by atomic mass is 31.2. The van der Waals surface area contributed by atoms with Gasteiger partial charge in [-0.2, -0.15) is 0 Å². The van der Waals surface area contributed by atoms with Gasteiger partial charge in [0.05, 0.1) is 26.4 Å². The molecule has 0 spiro atoms. The van der Waals surface area contributed by atoms with E-state index in [9.17, 15) is 43.2 Å². The fraction of sp³-hybridized carbons (Fsp3) is 0.948. The Morgan fingerprint density at radius 3 is 0.740 bits per heavy atom. The maximum Gasteiger partial charge on any atom is 0.472 e. The SMILES string of the molecule is CCC(C)CCCCCCCCCCCCCCCCC(=O)OC[C@H](COP(=O)(O)OCC(O)COP(=O)(O)OC[C@@H](COC(=O)CCCCCCCCCC(C)C)OC(=O)CCCCCCCCCCCCC(C)CC)OC(=O)CCCCCCCCCCCCC(C)CC. The molecule has 0 radical (unpaired) electrons. The summed E-state index contributed by atoms with van der Waals surface area (Å²) in [5.41, 5.74) is 0. The van der Waals surface area contributed by atoms with E-state index < -0.39 is 97.5 Å². The van der Waals surface area contributed by atoms with Crippen LogP contribution in [0.4, 0.5) is 0 Å². The van der Waals surface area contributed by atoms with Crippen LogP contribution in [0.1, 0.15) is 389 Å². The summed E-state index contributed by atoms with van der Waals surface area (Å²) < 4.78 is 68.6. The van der Waals surface area contributed by atoms with Gasteiger partial charge in [0.25, 0.3) is 0 Å². The maximum atomic E-state index is 13.1. The number of hydrogen-bond acceptors (Lipinski definition) is 15. The van der Waals surface area contributed by atoms with Crippen molar-refractivity contribution in [3.05, 3.63) is 0 Å². The van der Waals surface area contributed by atoms with Crippen LogP contribution in [-0.4, -0.2) is 96.7 Å². The second-order valence-corrected chi connectivity index (χ2v) is 31.9. The van der Waals surface area contributed by atoms with Crippen molar-refractivity contribution in [2.45, 2.75) is 408 Å². The number of aliphatic hydroxyl groups is 1. The Morgan fingerprint density at radius 1 is 0.292 bits per heavy atom. The molecule has 0 saturated heterocycles. The van der Waals surface area contributed by atoms with Crippen molar-refractivity contribution in [3.8, 4) is 0 Å². The molecule has 570 valence electrons. The maximum absolute atomic E-state index is 13.1. The van der Waals surface area contributed by atoms with Gasteiger partial charge in [0.2, 0.25) is 0 Å². The predicted octanol–water partition coefficient (Wildman–Crippen LogP) is 22.4. The van der Waals surface area contributed by atoms with Gasteiger partial charge in [-0.25, -0.2) is 9.13 Å². The Bertz CT molecular complexity index is 1890. The monoisotopic (exact) mass is 1410 g/mol. The Hall–Kier alpha value is -1.94. The summed E-state index contributed by atoms with van der Waals surface area (Å²) in [5.74, 6) is 1.04. The average molecular weight is 1410 g/mol. The Labute approximate surface area is 588 Å². The van der Waals surface area contributed by atoms with Gasteiger partial charge in [-0.15, -0.1) is 0 Å². The van der Waals surface area contributed by atoms with Gasteiger partial charge in [0, 0.05) is 25.7 Å². The van der Waals surface area contributed by atoms with Gasteiger partial charge >= 0.3 is 39.5 Å². The number of hydrogen-bond donors (Lipinski definition) is 3. The summed E-state index contributed by atoms with van der Waals surface area (Å²) in [6, 6.07) is 0. The van der Waals surface area contributed by atoms with Crippen LogP contribution in [-0.2, 0) is 65.4 Å². The first kappa shape index (κ1) is 94.1. The number of rotatable bonds is 74. The first-order valence-electron chi connectivity index (χ1n) is 39.8. The highest BCUT2D eigenvalue weighted by molar-refractivity contribution is 7.47. The molecule has 0 bridgehead atoms. The molecule has 0 aromatic carbocycles. The van der Waals surface area contributed by atoms with Crippen LogP contribution in [0.5, 0.6) is 0 Å². The molecule has 17 nitrogen and oxygen atoms in total. The Kier molecular flexibility index (Phi) is 65.0. The fourth-order valence-corrected chi connectivity index (χ4v) is 13.2. The van der Waals surface area contributed by atoms with Crippen LogP contribution in [0.2, 0.25) is 0 Å². The fourth-order valence-electron chi connectivity index (χ4n) is 11.6. The van der Waals surface area contributed by atoms with Gasteiger partial charge in [-0.05, 0) is 49.4 Å². The zero-order valence-electron chi connectivity index (χ0n) is 63.0. The molecule has 0 amide bonds. The molecule has 0 aromatic heterocycles. The van der Waals surface area contributed by atoms with Crippen molar-refractivity contribution in [1.29, 1.82) is 0 Å². The van der Waals surface area contributed by atoms with Crippen LogP contribution in [0.3, 0.4) is 0 Å². The van der Waals surface area contributed by atoms with Crippen molar-refractivity contribution in [3.63, 3.8) is 0 Å². The van der Waals surface area contributed by atoms with Crippen LogP contribution in [0, 0.1) is 23.7 Å². The van der Waals surface area contributed by atoms with Gasteiger partial charge in [0.1, 0.15) is 19.3 Å². The lowest BCUT2D eigenvalue weighted by atomic mass is 9.99. The number of ether oxygens (including phenoxy) is 4. The molecule has 0 saturated carbocycles. The molecular formula is C77H150O17P2. The van der Waals surface area contributed by atoms with E-state index in [-0.39, 0.29) is 25.7 Å². The molecule has 0 fully saturated rings. The Morgan fingerprint density at radius 2 is 0.500 bits per heavy atom. The molecule has 0 aliphatic carbocycles. The van der Waals surface area contributed by atoms with Crippen LogP contribution in [0.25, 0.3) is 0 Å². The average Bonchev–Trinajstić information content (AvgIpc) is 3.00. The van der Waals surface area contributed by atoms with Gasteiger partial charge in [-0.3, -0.25) is 37.3 Å². The van der Waals surface area contributed by atoms with Crippen LogP contribution < -0.4 is 0 Å². The largest absolute Gasteiger partial charge is 0.472 e. The number of aliphatic hydroxyl groups excluding tert-OH is 1. The Balaban J connectivity index is 5.25. The van der Waals surface area contributed by atoms with Gasteiger partial charge in [0.15, 0.2) is 12.2 Å². The number of esters is 4. The smallest absolute Gasteiger partial charge is 0.462 e. The summed E-state index contributed by atoms with van der Waals surface area (Å²) in [5, 5.41) is 10.6. The summed E-state index contributed by atoms with van der Waals surface area (Å²) >= 11 is 0. The van der Waals surface area contributed by atoms with E-state index in [1.807, 2.05) is 0 Å². The minimum absolute atomic E-state index is 0.105. The molecule has 0 heterocycles. The van der Waals surface area contributed by atoms with E-state index in [1.165, 1.54) is 186 Å². The summed E-state index contributed by atoms with van der Waals surface area (Å²) in [7, 11) is -9.92. The summed E-state index contributed by atoms with van der Waals surface area (Å²) in [6.07, 6.45) is 51.2. The zero-order valence-corrected chi connectivity index (χ0v) is 64.8. The number of carbonyl (C=O) groups is 4. The highest BCUT2D eigenvalue weighted by Gasteiger charge is 2.30. The van der Waals surface area contributed by atoms with Crippen molar-refractivity contribution in [1.82, 2.24) is 0 Å². The number of carbonyl (C=O) groups excluding carboxylic acids is 4. The second kappa shape index (κ2) is 66.3. The second-order valence-electron chi connectivity index (χ2n) is 28.9. The number of phosphoric acid groups is 2. The van der Waals surface area contributed by atoms with Crippen molar-refractivity contribution >= 4 is 39.5 Å². The minimum Gasteiger partial charge on any atom is -0.462 e. The van der Waals surface area contributed by atoms with Crippen molar-refractivity contribution in [2.75, 3.05) is 39.6 Å². The van der Waals surface area contributed by atoms with E-state index >= 15 is 0 Å². The summed E-state index contributed by atoms with van der Waals surface area (Å²) in [4.78, 5) is 72.9. The van der Waals surface area contributed by atoms with Crippen molar-refractivity contribution in [2.24, 2.45) is 23.7 Å². The number of phosphoric ester groups is 2. The van der Waals surface area contributed by atoms with E-state index in [2.05, 4.69) is 55.4 Å². The van der Waals surface area contributed by atoms with E-state index in [1.54, 1.807) is 0 Å². The molecule has 96 heavy (non-hydrogen) atoms. The lowest BCUT2D eigenvalue weighted by Crippen LogP contribution is -2.30. The third kappa shape index (κ3) is 66.6. The molecule has 19 heteroatoms. The normalized spacial score (nSPS) is 15.0. The molecule has 8 atom stereocenters. The zero-order chi connectivity index (χ0) is 71.0. The van der Waals surface area contributed by atoms with Gasteiger partial charge < -0.3 is 33.8 Å². The van der Waals surface area contributed by atoms with E-state index in [4.69, 9.17) is 37.0 Å². The first-order chi connectivity index (χ1) is 46.2. The minimum atomic E-state index is -4.96. The van der Waals surface area contributed by atoms with Crippen LogP contribution >= 0.6 is 15.6 Å². The molecular weight excluding hydrogens is 1260 g/mol. The van der Waals surface area contributed by atoms with E-state index in [0.29, 0.717) is 31.6 Å². The van der Waals surface area contributed by atoms with Crippen LogP contribution in [0.15, 0.2) is 0 Å². The molecule has 0 aliphatic rings. The topological polar surface area (TPSA) is 237 Å². The number of unbranched alkanes of at least 4 members (excludes halogenated alkanes) is 37. The lowest BCUT2D eigenvalue weighted by Gasteiger charge is -2.21. The summed E-state index contributed by atoms with van der Waals surface area (Å²) in [6.45, 7) is 14.3. The molecule has 3 N–H and O–H groups in total. The van der Waals surface area contributed by atoms with Gasteiger partial charge in [-0.1, -0.05) is 338 Å². The first-order valence-corrected chi connectivity index (χ1v) is 42.8. The lowest BCUT2D eigenvalue weighted by molar-refractivity contribution is -0.161. The highest BCUT2D eigenvalue weighted by Crippen LogP contribution is 2.45. The quantitative estimate of drug-likeness (QED) is 0.0222. The molecule has 0 aliphatic heterocycles. The molecule has 6 unspecified atom stereocenters.